The summed E-state index contributed by atoms with van der Waals surface area (Å²) in [4.78, 5) is 22.4. The largest absolute Gasteiger partial charge is 0.361 e. The number of hydrogen-bond donors (Lipinski definition) is 1. The van der Waals surface area contributed by atoms with Crippen molar-refractivity contribution in [2.75, 3.05) is 6.54 Å². The molecule has 112 valence electrons. The number of likely N-dealkylation sites (tertiary alicyclic amines) is 1. The summed E-state index contributed by atoms with van der Waals surface area (Å²) in [6.45, 7) is 6.49. The number of carbonyl (C=O) groups excluding carboxylic acids is 1. The molecule has 6 nitrogen and oxygen atoms in total. The van der Waals surface area contributed by atoms with Gasteiger partial charge in [-0.15, -0.1) is 0 Å². The van der Waals surface area contributed by atoms with Crippen LogP contribution in [0, 0.1) is 13.8 Å². The molecule has 0 aliphatic carbocycles. The maximum atomic E-state index is 12.9. The highest BCUT2D eigenvalue weighted by Crippen LogP contribution is 2.32. The van der Waals surface area contributed by atoms with Gasteiger partial charge in [0.05, 0.1) is 11.7 Å². The molecule has 1 fully saturated rings. The molecule has 2 aromatic heterocycles. The van der Waals surface area contributed by atoms with Gasteiger partial charge in [0.25, 0.3) is 5.91 Å². The van der Waals surface area contributed by atoms with Crippen LogP contribution in [0.4, 0.5) is 0 Å². The van der Waals surface area contributed by atoms with E-state index in [0.717, 1.165) is 36.6 Å². The quantitative estimate of drug-likeness (QED) is 0.941. The van der Waals surface area contributed by atoms with E-state index in [-0.39, 0.29) is 11.9 Å². The minimum absolute atomic E-state index is 0.00199. The van der Waals surface area contributed by atoms with Crippen LogP contribution >= 0.6 is 0 Å². The highest BCUT2D eigenvalue weighted by Gasteiger charge is 2.35. The van der Waals surface area contributed by atoms with Crippen LogP contribution in [-0.2, 0) is 6.42 Å². The average Bonchev–Trinajstić information content (AvgIpc) is 3.16. The number of nitrogens with zero attached hydrogens (tertiary/aromatic N) is 3. The van der Waals surface area contributed by atoms with E-state index in [1.54, 1.807) is 13.1 Å². The van der Waals surface area contributed by atoms with Crippen molar-refractivity contribution in [1.82, 2.24) is 20.0 Å². The fraction of sp³-hybridized carbons (Fsp3) is 0.533. The minimum atomic E-state index is 0.00199. The Morgan fingerprint density at radius 2 is 2.33 bits per heavy atom. The SMILES string of the molecule is CCc1noc(C)c1C(=O)N1CCCC1c1ncc(C)[nH]1. The minimum Gasteiger partial charge on any atom is -0.361 e. The van der Waals surface area contributed by atoms with Crippen LogP contribution in [-0.4, -0.2) is 32.5 Å². The second kappa shape index (κ2) is 5.35. The summed E-state index contributed by atoms with van der Waals surface area (Å²) in [5.41, 5.74) is 2.37. The van der Waals surface area contributed by atoms with Gasteiger partial charge in [0.2, 0.25) is 0 Å². The molecular formula is C15H20N4O2. The zero-order valence-corrected chi connectivity index (χ0v) is 12.6. The summed E-state index contributed by atoms with van der Waals surface area (Å²) in [7, 11) is 0. The van der Waals surface area contributed by atoms with Crippen molar-refractivity contribution >= 4 is 5.91 Å². The molecule has 0 bridgehead atoms. The van der Waals surface area contributed by atoms with Crippen LogP contribution in [0.2, 0.25) is 0 Å². The molecule has 2 aromatic rings. The molecule has 0 radical (unpaired) electrons. The lowest BCUT2D eigenvalue weighted by Crippen LogP contribution is -2.32. The predicted octanol–water partition coefficient (Wildman–Crippen LogP) is 2.55. The summed E-state index contributed by atoms with van der Waals surface area (Å²) < 4.78 is 5.19. The molecule has 21 heavy (non-hydrogen) atoms. The Balaban J connectivity index is 1.91. The second-order valence-corrected chi connectivity index (χ2v) is 5.52. The molecule has 3 heterocycles. The number of rotatable bonds is 3. The topological polar surface area (TPSA) is 75.0 Å². The van der Waals surface area contributed by atoms with Crippen molar-refractivity contribution in [3.05, 3.63) is 34.7 Å². The average molecular weight is 288 g/mol. The number of amides is 1. The molecule has 3 rings (SSSR count). The Morgan fingerprint density at radius 1 is 1.52 bits per heavy atom. The van der Waals surface area contributed by atoms with E-state index in [9.17, 15) is 4.79 Å². The van der Waals surface area contributed by atoms with Crippen molar-refractivity contribution < 1.29 is 9.32 Å². The lowest BCUT2D eigenvalue weighted by Gasteiger charge is -2.23. The van der Waals surface area contributed by atoms with E-state index < -0.39 is 0 Å². The summed E-state index contributed by atoms with van der Waals surface area (Å²) in [6, 6.07) is 0.0187. The summed E-state index contributed by atoms with van der Waals surface area (Å²) >= 11 is 0. The molecule has 1 aliphatic heterocycles. The number of aromatic amines is 1. The lowest BCUT2D eigenvalue weighted by atomic mass is 10.1. The monoisotopic (exact) mass is 288 g/mol. The smallest absolute Gasteiger partial charge is 0.260 e. The van der Waals surface area contributed by atoms with Gasteiger partial charge in [-0.3, -0.25) is 4.79 Å². The van der Waals surface area contributed by atoms with Crippen LogP contribution in [0.5, 0.6) is 0 Å². The number of imidazole rings is 1. The fourth-order valence-electron chi connectivity index (χ4n) is 2.97. The van der Waals surface area contributed by atoms with E-state index >= 15 is 0 Å². The van der Waals surface area contributed by atoms with E-state index in [4.69, 9.17) is 4.52 Å². The number of nitrogens with one attached hydrogen (secondary N) is 1. The highest BCUT2D eigenvalue weighted by molar-refractivity contribution is 5.96. The number of aryl methyl sites for hydroxylation is 3. The van der Waals surface area contributed by atoms with Crippen LogP contribution in [0.1, 0.15) is 59.1 Å². The Labute approximate surface area is 123 Å². The molecule has 0 saturated carbocycles. The van der Waals surface area contributed by atoms with Crippen LogP contribution in [0.15, 0.2) is 10.7 Å². The molecule has 0 spiro atoms. The number of hydrogen-bond acceptors (Lipinski definition) is 4. The first-order valence-electron chi connectivity index (χ1n) is 7.39. The van der Waals surface area contributed by atoms with Gasteiger partial charge in [0.15, 0.2) is 0 Å². The van der Waals surface area contributed by atoms with Crippen molar-refractivity contribution in [2.24, 2.45) is 0 Å². The first-order valence-corrected chi connectivity index (χ1v) is 7.39. The zero-order chi connectivity index (χ0) is 15.0. The number of aromatic nitrogens is 3. The molecule has 1 aliphatic rings. The molecule has 1 N–H and O–H groups in total. The molecule has 1 atom stereocenters. The molecule has 6 heteroatoms. The van der Waals surface area contributed by atoms with Gasteiger partial charge in [-0.25, -0.2) is 4.98 Å². The fourth-order valence-corrected chi connectivity index (χ4v) is 2.97. The Kier molecular flexibility index (Phi) is 3.53. The maximum Gasteiger partial charge on any atom is 0.260 e. The van der Waals surface area contributed by atoms with Crippen molar-refractivity contribution in [1.29, 1.82) is 0 Å². The summed E-state index contributed by atoms with van der Waals surface area (Å²) in [6.07, 6.45) is 4.42. The van der Waals surface area contributed by atoms with E-state index in [1.165, 1.54) is 0 Å². The van der Waals surface area contributed by atoms with E-state index in [2.05, 4.69) is 15.1 Å². The molecular weight excluding hydrogens is 268 g/mol. The van der Waals surface area contributed by atoms with Gasteiger partial charge < -0.3 is 14.4 Å². The molecule has 1 saturated heterocycles. The van der Waals surface area contributed by atoms with Gasteiger partial charge in [-0.05, 0) is 33.1 Å². The number of carbonyl (C=O) groups is 1. The standard InChI is InChI=1S/C15H20N4O2/c1-4-11-13(10(3)21-18-11)15(20)19-7-5-6-12(19)14-16-8-9(2)17-14/h8,12H,4-7H2,1-3H3,(H,16,17). The van der Waals surface area contributed by atoms with Crippen molar-refractivity contribution in [3.8, 4) is 0 Å². The maximum absolute atomic E-state index is 12.9. The first kappa shape index (κ1) is 13.9. The Morgan fingerprint density at radius 3 is 3.00 bits per heavy atom. The molecule has 1 unspecified atom stereocenters. The Bertz CT molecular complexity index is 658. The molecule has 0 aromatic carbocycles. The Hall–Kier alpha value is -2.11. The summed E-state index contributed by atoms with van der Waals surface area (Å²) in [5, 5.41) is 3.98. The first-order chi connectivity index (χ1) is 10.1. The van der Waals surface area contributed by atoms with Crippen LogP contribution < -0.4 is 0 Å². The third kappa shape index (κ3) is 2.34. The summed E-state index contributed by atoms with van der Waals surface area (Å²) in [5.74, 6) is 1.46. The van der Waals surface area contributed by atoms with Crippen molar-refractivity contribution in [2.45, 2.75) is 46.1 Å². The third-order valence-electron chi connectivity index (χ3n) is 4.03. The van der Waals surface area contributed by atoms with Gasteiger partial charge >= 0.3 is 0 Å². The third-order valence-corrected chi connectivity index (χ3v) is 4.03. The highest BCUT2D eigenvalue weighted by atomic mass is 16.5. The second-order valence-electron chi connectivity index (χ2n) is 5.52. The van der Waals surface area contributed by atoms with Crippen LogP contribution in [0.3, 0.4) is 0 Å². The lowest BCUT2D eigenvalue weighted by molar-refractivity contribution is 0.0727. The van der Waals surface area contributed by atoms with Gasteiger partial charge in [0.1, 0.15) is 17.1 Å². The van der Waals surface area contributed by atoms with Crippen LogP contribution in [0.25, 0.3) is 0 Å². The molecule has 1 amide bonds. The van der Waals surface area contributed by atoms with Gasteiger partial charge in [-0.2, -0.15) is 0 Å². The normalized spacial score (nSPS) is 18.4. The predicted molar refractivity (Wildman–Crippen MR) is 77.0 cm³/mol. The number of H-pyrrole nitrogens is 1. The van der Waals surface area contributed by atoms with E-state index in [1.807, 2.05) is 18.7 Å². The van der Waals surface area contributed by atoms with E-state index in [0.29, 0.717) is 17.7 Å². The van der Waals surface area contributed by atoms with Gasteiger partial charge in [0, 0.05) is 18.4 Å². The van der Waals surface area contributed by atoms with Gasteiger partial charge in [-0.1, -0.05) is 12.1 Å². The van der Waals surface area contributed by atoms with Crippen molar-refractivity contribution in [3.63, 3.8) is 0 Å². The zero-order valence-electron chi connectivity index (χ0n) is 12.6.